The maximum atomic E-state index is 13.1. The molecule has 1 spiro atoms. The first-order chi connectivity index (χ1) is 14.0. The number of benzene rings is 2. The number of carbonyl (C=O) groups excluding carboxylic acids is 2. The van der Waals surface area contributed by atoms with E-state index < -0.39 is 0 Å². The summed E-state index contributed by atoms with van der Waals surface area (Å²) in [5, 5.41) is 3.50. The number of hydrogen-bond donors (Lipinski definition) is 1. The van der Waals surface area contributed by atoms with Gasteiger partial charge in [0.1, 0.15) is 0 Å². The van der Waals surface area contributed by atoms with Crippen LogP contribution in [0.2, 0.25) is 5.02 Å². The Bertz CT molecular complexity index is 916. The third-order valence-electron chi connectivity index (χ3n) is 5.42. The second kappa shape index (κ2) is 8.58. The topological polar surface area (TPSA) is 52.7 Å². The molecule has 2 fully saturated rings. The largest absolute Gasteiger partial charge is 0.324 e. The van der Waals surface area contributed by atoms with E-state index in [9.17, 15) is 9.59 Å². The average molecular weight is 495 g/mol. The molecule has 0 radical (unpaired) electrons. The monoisotopic (exact) mass is 493 g/mol. The van der Waals surface area contributed by atoms with Gasteiger partial charge in [0.05, 0.1) is 4.87 Å². The Morgan fingerprint density at radius 2 is 1.79 bits per heavy atom. The molecule has 0 bridgehead atoms. The molecule has 2 aliphatic heterocycles. The van der Waals surface area contributed by atoms with Crippen molar-refractivity contribution in [3.8, 4) is 0 Å². The molecule has 2 heterocycles. The van der Waals surface area contributed by atoms with E-state index in [4.69, 9.17) is 11.6 Å². The number of rotatable bonds is 2. The molecule has 0 atom stereocenters. The average Bonchev–Trinajstić information content (AvgIpc) is 3.11. The highest BCUT2D eigenvalue weighted by atomic mass is 79.9. The van der Waals surface area contributed by atoms with Crippen LogP contribution in [0.25, 0.3) is 0 Å². The predicted octanol–water partition coefficient (Wildman–Crippen LogP) is 5.32. The van der Waals surface area contributed by atoms with Crippen molar-refractivity contribution in [2.24, 2.45) is 0 Å². The molecular formula is C21H21BrClN3O2S. The van der Waals surface area contributed by atoms with Gasteiger partial charge in [-0.1, -0.05) is 33.6 Å². The highest BCUT2D eigenvalue weighted by Gasteiger charge is 2.47. The van der Waals surface area contributed by atoms with E-state index in [0.717, 1.165) is 29.6 Å². The summed E-state index contributed by atoms with van der Waals surface area (Å²) in [5.74, 6) is 0.996. The smallest absolute Gasteiger partial charge is 0.321 e. The highest BCUT2D eigenvalue weighted by Crippen LogP contribution is 2.44. The highest BCUT2D eigenvalue weighted by molar-refractivity contribution is 9.10. The molecule has 1 N–H and O–H groups in total. The number of piperidine rings is 1. The van der Waals surface area contributed by atoms with Crippen LogP contribution >= 0.6 is 39.3 Å². The third-order valence-corrected chi connectivity index (χ3v) is 7.74. The van der Waals surface area contributed by atoms with Crippen LogP contribution in [-0.2, 0) is 0 Å². The quantitative estimate of drug-likeness (QED) is 0.615. The van der Waals surface area contributed by atoms with Crippen LogP contribution < -0.4 is 5.32 Å². The first-order valence-electron chi connectivity index (χ1n) is 9.50. The molecule has 2 aromatic rings. The molecule has 5 nitrogen and oxygen atoms in total. The van der Waals surface area contributed by atoms with Gasteiger partial charge in [-0.2, -0.15) is 0 Å². The summed E-state index contributed by atoms with van der Waals surface area (Å²) in [4.78, 5) is 29.3. The van der Waals surface area contributed by atoms with Gasteiger partial charge in [0.2, 0.25) is 0 Å². The molecule has 0 aliphatic carbocycles. The maximum absolute atomic E-state index is 13.1. The van der Waals surface area contributed by atoms with Crippen LogP contribution in [0.15, 0.2) is 53.0 Å². The van der Waals surface area contributed by atoms with Crippen molar-refractivity contribution >= 4 is 56.9 Å². The number of amides is 3. The summed E-state index contributed by atoms with van der Waals surface area (Å²) in [6.07, 6.45) is 1.53. The fourth-order valence-electron chi connectivity index (χ4n) is 3.89. The molecule has 0 unspecified atom stereocenters. The second-order valence-corrected chi connectivity index (χ2v) is 9.99. The van der Waals surface area contributed by atoms with E-state index in [1.165, 1.54) is 0 Å². The molecule has 152 valence electrons. The summed E-state index contributed by atoms with van der Waals surface area (Å²) in [6, 6.07) is 14.5. The Morgan fingerprint density at radius 3 is 2.48 bits per heavy atom. The number of halogens is 2. The predicted molar refractivity (Wildman–Crippen MR) is 122 cm³/mol. The van der Waals surface area contributed by atoms with Crippen molar-refractivity contribution in [3.05, 3.63) is 63.6 Å². The Labute approximate surface area is 187 Å². The van der Waals surface area contributed by atoms with Crippen LogP contribution in [0.1, 0.15) is 23.2 Å². The Balaban J connectivity index is 1.41. The summed E-state index contributed by atoms with van der Waals surface area (Å²) in [5.41, 5.74) is 1.39. The summed E-state index contributed by atoms with van der Waals surface area (Å²) in [6.45, 7) is 1.97. The Kier molecular flexibility index (Phi) is 6.08. The lowest BCUT2D eigenvalue weighted by atomic mass is 10.0. The lowest BCUT2D eigenvalue weighted by Gasteiger charge is -2.44. The molecule has 4 rings (SSSR count). The van der Waals surface area contributed by atoms with Crippen molar-refractivity contribution in [1.29, 1.82) is 0 Å². The van der Waals surface area contributed by atoms with E-state index in [1.54, 1.807) is 12.1 Å². The second-order valence-electron chi connectivity index (χ2n) is 7.19. The van der Waals surface area contributed by atoms with Gasteiger partial charge >= 0.3 is 6.03 Å². The third kappa shape index (κ3) is 4.42. The fraction of sp³-hybridized carbons (Fsp3) is 0.333. The number of thioether (sulfide) groups is 1. The number of likely N-dealkylation sites (tertiary alicyclic amines) is 1. The van der Waals surface area contributed by atoms with Crippen LogP contribution in [0, 0.1) is 0 Å². The van der Waals surface area contributed by atoms with Gasteiger partial charge in [-0.25, -0.2) is 4.79 Å². The summed E-state index contributed by atoms with van der Waals surface area (Å²) >= 11 is 11.2. The zero-order valence-electron chi connectivity index (χ0n) is 15.7. The molecular weight excluding hydrogens is 474 g/mol. The number of anilines is 1. The molecule has 0 saturated carbocycles. The van der Waals surface area contributed by atoms with Crippen molar-refractivity contribution in [3.63, 3.8) is 0 Å². The van der Waals surface area contributed by atoms with Crippen molar-refractivity contribution in [1.82, 2.24) is 9.80 Å². The minimum atomic E-state index is -0.225. The van der Waals surface area contributed by atoms with Crippen molar-refractivity contribution < 1.29 is 9.59 Å². The van der Waals surface area contributed by atoms with Crippen LogP contribution in [-0.4, -0.2) is 52.0 Å². The zero-order chi connectivity index (χ0) is 20.4. The van der Waals surface area contributed by atoms with Gasteiger partial charge < -0.3 is 15.1 Å². The zero-order valence-corrected chi connectivity index (χ0v) is 18.9. The number of hydrogen-bond acceptors (Lipinski definition) is 3. The molecule has 2 aliphatic rings. The van der Waals surface area contributed by atoms with E-state index in [0.29, 0.717) is 29.4 Å². The maximum Gasteiger partial charge on any atom is 0.321 e. The molecule has 2 aromatic carbocycles. The van der Waals surface area contributed by atoms with Crippen LogP contribution in [0.4, 0.5) is 10.5 Å². The van der Waals surface area contributed by atoms with E-state index in [-0.39, 0.29) is 16.8 Å². The van der Waals surface area contributed by atoms with E-state index in [2.05, 4.69) is 21.2 Å². The lowest BCUT2D eigenvalue weighted by Crippen LogP contribution is -2.54. The summed E-state index contributed by atoms with van der Waals surface area (Å²) < 4.78 is 0.957. The summed E-state index contributed by atoms with van der Waals surface area (Å²) in [7, 11) is 0. The molecule has 2 saturated heterocycles. The van der Waals surface area contributed by atoms with E-state index >= 15 is 0 Å². The molecule has 8 heteroatoms. The van der Waals surface area contributed by atoms with Gasteiger partial charge in [0.25, 0.3) is 5.91 Å². The molecule has 0 aromatic heterocycles. The number of carbonyl (C=O) groups is 2. The minimum absolute atomic E-state index is 0.0688. The number of nitrogens with zero attached hydrogens (tertiary/aromatic N) is 2. The minimum Gasteiger partial charge on any atom is -0.324 e. The lowest BCUT2D eigenvalue weighted by molar-refractivity contribution is 0.0585. The first-order valence-corrected chi connectivity index (χ1v) is 11.7. The Hall–Kier alpha value is -1.70. The van der Waals surface area contributed by atoms with Crippen molar-refractivity contribution in [2.45, 2.75) is 17.7 Å². The van der Waals surface area contributed by atoms with Gasteiger partial charge in [0.15, 0.2) is 0 Å². The van der Waals surface area contributed by atoms with Crippen LogP contribution in [0.5, 0.6) is 0 Å². The molecule has 29 heavy (non-hydrogen) atoms. The van der Waals surface area contributed by atoms with Gasteiger partial charge in [-0.15, -0.1) is 11.8 Å². The standard InChI is InChI=1S/C21H21BrClN3O2S/c22-16-6-4-15(5-7-16)19(27)26-12-13-29-21(26)8-10-25(11-9-21)20(28)24-18-3-1-2-17(23)14-18/h1-7,14H,8-13H2,(H,24,28). The van der Waals surface area contributed by atoms with Gasteiger partial charge in [-0.05, 0) is 55.3 Å². The SMILES string of the molecule is O=C(Nc1cccc(Cl)c1)N1CCC2(CC1)SCCN2C(=O)c1ccc(Br)cc1. The number of nitrogens with one attached hydrogen (secondary N) is 1. The Morgan fingerprint density at radius 1 is 1.07 bits per heavy atom. The van der Waals surface area contributed by atoms with Gasteiger partial charge in [-0.3, -0.25) is 4.79 Å². The normalized spacial score (nSPS) is 18.1. The van der Waals surface area contributed by atoms with Crippen LogP contribution in [0.3, 0.4) is 0 Å². The number of urea groups is 1. The molecule has 3 amide bonds. The van der Waals surface area contributed by atoms with Gasteiger partial charge in [0, 0.05) is 46.1 Å². The van der Waals surface area contributed by atoms with Crippen molar-refractivity contribution in [2.75, 3.05) is 30.7 Å². The van der Waals surface area contributed by atoms with E-state index in [1.807, 2.05) is 58.0 Å². The first kappa shape index (κ1) is 20.6. The fourth-order valence-corrected chi connectivity index (χ4v) is 5.80.